The largest absolute Gasteiger partial charge is 0.397 e. The predicted octanol–water partition coefficient (Wildman–Crippen LogP) is 1.53. The zero-order chi connectivity index (χ0) is 13.1. The van der Waals surface area contributed by atoms with E-state index in [0.717, 1.165) is 5.82 Å². The summed E-state index contributed by atoms with van der Waals surface area (Å²) in [5, 5.41) is 0. The number of pyridine rings is 1. The first-order valence-electron chi connectivity index (χ1n) is 6.37. The molecule has 0 aromatic carbocycles. The minimum atomic E-state index is -0.506. The second-order valence-corrected chi connectivity index (χ2v) is 4.90. The van der Waals surface area contributed by atoms with Crippen molar-refractivity contribution in [3.05, 3.63) is 17.8 Å². The van der Waals surface area contributed by atoms with Crippen molar-refractivity contribution in [2.75, 3.05) is 17.7 Å². The van der Waals surface area contributed by atoms with Gasteiger partial charge in [0.25, 0.3) is 5.91 Å². The van der Waals surface area contributed by atoms with Crippen molar-refractivity contribution < 1.29 is 4.79 Å². The number of nitrogen functional groups attached to an aromatic ring is 1. The zero-order valence-electron chi connectivity index (χ0n) is 10.7. The van der Waals surface area contributed by atoms with Gasteiger partial charge in [-0.1, -0.05) is 19.3 Å². The lowest BCUT2D eigenvalue weighted by molar-refractivity contribution is 0.100. The summed E-state index contributed by atoms with van der Waals surface area (Å²) in [6.45, 7) is 0. The Hall–Kier alpha value is -1.78. The molecule has 0 aliphatic heterocycles. The Bertz CT molecular complexity index is 441. The molecule has 0 spiro atoms. The van der Waals surface area contributed by atoms with Crippen LogP contribution in [0.25, 0.3) is 0 Å². The van der Waals surface area contributed by atoms with Crippen LogP contribution in [0, 0.1) is 0 Å². The van der Waals surface area contributed by atoms with Gasteiger partial charge in [-0.25, -0.2) is 4.98 Å². The summed E-state index contributed by atoms with van der Waals surface area (Å²) in [4.78, 5) is 17.7. The summed E-state index contributed by atoms with van der Waals surface area (Å²) >= 11 is 0. The van der Waals surface area contributed by atoms with Crippen LogP contribution in [0.15, 0.2) is 12.3 Å². The van der Waals surface area contributed by atoms with Gasteiger partial charge in [-0.2, -0.15) is 0 Å². The predicted molar refractivity (Wildman–Crippen MR) is 72.4 cm³/mol. The molecule has 98 valence electrons. The summed E-state index contributed by atoms with van der Waals surface area (Å²) in [6, 6.07) is 2.18. The lowest BCUT2D eigenvalue weighted by Crippen LogP contribution is -2.34. The molecule has 1 aromatic heterocycles. The lowest BCUT2D eigenvalue weighted by atomic mass is 9.94. The summed E-state index contributed by atoms with van der Waals surface area (Å²) in [5.41, 5.74) is 11.7. The van der Waals surface area contributed by atoms with Gasteiger partial charge in [-0.3, -0.25) is 4.79 Å². The summed E-state index contributed by atoms with van der Waals surface area (Å²) < 4.78 is 0. The maximum Gasteiger partial charge on any atom is 0.250 e. The molecule has 0 radical (unpaired) electrons. The van der Waals surface area contributed by atoms with Crippen LogP contribution in [0.2, 0.25) is 0 Å². The van der Waals surface area contributed by atoms with E-state index in [0.29, 0.717) is 17.3 Å². The van der Waals surface area contributed by atoms with Gasteiger partial charge in [0.2, 0.25) is 0 Å². The smallest absolute Gasteiger partial charge is 0.250 e. The molecule has 1 aliphatic rings. The number of hydrogen-bond donors (Lipinski definition) is 2. The molecule has 0 unspecified atom stereocenters. The van der Waals surface area contributed by atoms with E-state index in [1.807, 2.05) is 7.05 Å². The Balaban J connectivity index is 2.21. The van der Waals surface area contributed by atoms with Crippen LogP contribution in [0.3, 0.4) is 0 Å². The standard InChI is InChI=1S/C13H20N4O/c1-17(9-5-3-2-4-6-9)12-7-10(13(15)18)11(14)8-16-12/h7-9H,2-6,14H2,1H3,(H2,15,18). The van der Waals surface area contributed by atoms with Crippen LogP contribution >= 0.6 is 0 Å². The summed E-state index contributed by atoms with van der Waals surface area (Å²) in [7, 11) is 2.01. The third-order valence-electron chi connectivity index (χ3n) is 3.67. The van der Waals surface area contributed by atoms with Gasteiger partial charge in [0.1, 0.15) is 5.82 Å². The van der Waals surface area contributed by atoms with Gasteiger partial charge >= 0.3 is 0 Å². The normalized spacial score (nSPS) is 16.5. The number of amides is 1. The molecule has 0 atom stereocenters. The van der Waals surface area contributed by atoms with E-state index < -0.39 is 5.91 Å². The number of primary amides is 1. The van der Waals surface area contributed by atoms with E-state index in [1.54, 1.807) is 6.07 Å². The number of rotatable bonds is 3. The SMILES string of the molecule is CN(c1cc(C(N)=O)c(N)cn1)C1CCCCC1. The first-order valence-corrected chi connectivity index (χ1v) is 6.37. The number of carbonyl (C=O) groups excluding carboxylic acids is 1. The molecule has 18 heavy (non-hydrogen) atoms. The quantitative estimate of drug-likeness (QED) is 0.849. The minimum Gasteiger partial charge on any atom is -0.397 e. The summed E-state index contributed by atoms with van der Waals surface area (Å²) in [5.74, 6) is 0.262. The fraction of sp³-hybridized carbons (Fsp3) is 0.538. The monoisotopic (exact) mass is 248 g/mol. The van der Waals surface area contributed by atoms with Crippen molar-refractivity contribution >= 4 is 17.4 Å². The molecule has 5 heteroatoms. The molecule has 1 heterocycles. The van der Waals surface area contributed by atoms with Crippen molar-refractivity contribution in [1.82, 2.24) is 4.98 Å². The maximum atomic E-state index is 11.3. The van der Waals surface area contributed by atoms with E-state index in [4.69, 9.17) is 11.5 Å². The van der Waals surface area contributed by atoms with Crippen LogP contribution in [0.4, 0.5) is 11.5 Å². The van der Waals surface area contributed by atoms with Gasteiger partial charge in [0, 0.05) is 13.1 Å². The van der Waals surface area contributed by atoms with Gasteiger partial charge in [0.15, 0.2) is 0 Å². The van der Waals surface area contributed by atoms with E-state index in [1.165, 1.54) is 38.3 Å². The van der Waals surface area contributed by atoms with Crippen LogP contribution in [0.1, 0.15) is 42.5 Å². The minimum absolute atomic E-state index is 0.336. The Morgan fingerprint density at radius 1 is 1.39 bits per heavy atom. The van der Waals surface area contributed by atoms with Crippen molar-refractivity contribution in [1.29, 1.82) is 0 Å². The van der Waals surface area contributed by atoms with Crippen molar-refractivity contribution in [2.24, 2.45) is 5.73 Å². The number of nitrogens with zero attached hydrogens (tertiary/aromatic N) is 2. The molecule has 1 aliphatic carbocycles. The molecule has 1 fully saturated rings. The highest BCUT2D eigenvalue weighted by molar-refractivity contribution is 5.98. The number of hydrogen-bond acceptors (Lipinski definition) is 4. The molecule has 5 nitrogen and oxygen atoms in total. The Morgan fingerprint density at radius 2 is 2.06 bits per heavy atom. The topological polar surface area (TPSA) is 85.2 Å². The van der Waals surface area contributed by atoms with Gasteiger partial charge < -0.3 is 16.4 Å². The van der Waals surface area contributed by atoms with Crippen LogP contribution in [0.5, 0.6) is 0 Å². The Labute approximate surface area is 107 Å². The fourth-order valence-corrected chi connectivity index (χ4v) is 2.52. The molecular weight excluding hydrogens is 228 g/mol. The Kier molecular flexibility index (Phi) is 3.69. The van der Waals surface area contributed by atoms with Crippen molar-refractivity contribution in [2.45, 2.75) is 38.1 Å². The number of aromatic nitrogens is 1. The van der Waals surface area contributed by atoms with Crippen LogP contribution in [-0.4, -0.2) is 24.0 Å². The summed E-state index contributed by atoms with van der Waals surface area (Å²) in [6.07, 6.45) is 7.68. The highest BCUT2D eigenvalue weighted by Crippen LogP contribution is 2.26. The van der Waals surface area contributed by atoms with Gasteiger partial charge in [0.05, 0.1) is 17.4 Å². The molecular formula is C13H20N4O. The van der Waals surface area contributed by atoms with Crippen molar-refractivity contribution in [3.63, 3.8) is 0 Å². The first kappa shape index (κ1) is 12.7. The third kappa shape index (κ3) is 2.55. The molecule has 1 aromatic rings. The van der Waals surface area contributed by atoms with E-state index in [-0.39, 0.29) is 0 Å². The third-order valence-corrected chi connectivity index (χ3v) is 3.67. The van der Waals surface area contributed by atoms with Crippen LogP contribution < -0.4 is 16.4 Å². The number of nitrogens with two attached hydrogens (primary N) is 2. The molecule has 2 rings (SSSR count). The highest BCUT2D eigenvalue weighted by atomic mass is 16.1. The fourth-order valence-electron chi connectivity index (χ4n) is 2.52. The second-order valence-electron chi connectivity index (χ2n) is 4.90. The maximum absolute atomic E-state index is 11.3. The average molecular weight is 248 g/mol. The highest BCUT2D eigenvalue weighted by Gasteiger charge is 2.20. The van der Waals surface area contributed by atoms with E-state index in [2.05, 4.69) is 9.88 Å². The molecule has 4 N–H and O–H groups in total. The number of carbonyl (C=O) groups is 1. The Morgan fingerprint density at radius 3 is 2.67 bits per heavy atom. The van der Waals surface area contributed by atoms with Crippen LogP contribution in [-0.2, 0) is 0 Å². The second kappa shape index (κ2) is 5.25. The van der Waals surface area contributed by atoms with Crippen molar-refractivity contribution in [3.8, 4) is 0 Å². The average Bonchev–Trinajstić information content (AvgIpc) is 2.39. The van der Waals surface area contributed by atoms with Gasteiger partial charge in [-0.15, -0.1) is 0 Å². The number of anilines is 2. The zero-order valence-corrected chi connectivity index (χ0v) is 10.7. The van der Waals surface area contributed by atoms with E-state index >= 15 is 0 Å². The molecule has 0 saturated heterocycles. The van der Waals surface area contributed by atoms with E-state index in [9.17, 15) is 4.79 Å². The molecule has 1 saturated carbocycles. The molecule has 0 bridgehead atoms. The first-order chi connectivity index (χ1) is 8.59. The molecule has 1 amide bonds. The lowest BCUT2D eigenvalue weighted by Gasteiger charge is -2.32. The van der Waals surface area contributed by atoms with Gasteiger partial charge in [-0.05, 0) is 18.9 Å².